The molecule has 2 heteroatoms. The molecule has 1 unspecified atom stereocenters. The predicted octanol–water partition coefficient (Wildman–Crippen LogP) is 1.46. The van der Waals surface area contributed by atoms with Gasteiger partial charge in [-0.2, -0.15) is 0 Å². The summed E-state index contributed by atoms with van der Waals surface area (Å²) in [6.07, 6.45) is 11.4. The summed E-state index contributed by atoms with van der Waals surface area (Å²) in [5, 5.41) is 9.13. The number of hydrogen-bond donors (Lipinski definition) is 1. The minimum absolute atomic E-state index is 0.399. The molecule has 0 aliphatic carbocycles. The van der Waals surface area contributed by atoms with Crippen molar-refractivity contribution in [2.75, 3.05) is 0 Å². The number of aliphatic hydroxyl groups is 1. The Morgan fingerprint density at radius 1 is 1.00 bits per heavy atom. The molecule has 0 amide bonds. The summed E-state index contributed by atoms with van der Waals surface area (Å²) in [6.45, 7) is 0. The van der Waals surface area contributed by atoms with Crippen LogP contribution in [0.4, 0.5) is 0 Å². The Balaban J connectivity index is 2.70. The molecule has 0 aromatic heterocycles. The van der Waals surface area contributed by atoms with Crippen molar-refractivity contribution in [1.29, 1.82) is 0 Å². The summed E-state index contributed by atoms with van der Waals surface area (Å²) in [5.41, 5.74) is 0. The summed E-state index contributed by atoms with van der Waals surface area (Å²) in [7, 11) is 0. The van der Waals surface area contributed by atoms with Gasteiger partial charge in [0.2, 0.25) is 0 Å². The SMILES string of the molecule is OC1=CC=CC=CC=C[AsH]1. The fraction of sp³-hybridized carbons (Fsp3) is 0. The molecule has 1 aliphatic heterocycles. The number of aliphatic hydroxyl groups excluding tert-OH is 1. The molecular formula is C8H9AsO. The van der Waals surface area contributed by atoms with Crippen molar-refractivity contribution >= 4 is 15.8 Å². The van der Waals surface area contributed by atoms with Gasteiger partial charge in [-0.05, 0) is 0 Å². The molecule has 0 fully saturated rings. The van der Waals surface area contributed by atoms with Gasteiger partial charge in [0.15, 0.2) is 0 Å². The van der Waals surface area contributed by atoms with E-state index in [4.69, 9.17) is 5.11 Å². The van der Waals surface area contributed by atoms with Gasteiger partial charge in [0.25, 0.3) is 0 Å². The van der Waals surface area contributed by atoms with E-state index >= 15 is 0 Å². The maximum atomic E-state index is 9.13. The molecule has 0 saturated heterocycles. The zero-order valence-corrected chi connectivity index (χ0v) is 7.59. The van der Waals surface area contributed by atoms with Crippen molar-refractivity contribution in [2.24, 2.45) is 0 Å². The summed E-state index contributed by atoms with van der Waals surface area (Å²) in [5.74, 6) is 0. The van der Waals surface area contributed by atoms with Crippen molar-refractivity contribution in [3.63, 3.8) is 0 Å². The fourth-order valence-corrected chi connectivity index (χ4v) is 1.77. The summed E-state index contributed by atoms with van der Waals surface area (Å²) in [6, 6.07) is 0. The molecule has 0 radical (unpaired) electrons. The molecule has 1 rings (SSSR count). The number of allylic oxidation sites excluding steroid dienone is 6. The Morgan fingerprint density at radius 3 is 2.60 bits per heavy atom. The first-order valence-corrected chi connectivity index (χ1v) is 5.31. The first-order chi connectivity index (χ1) is 4.89. The van der Waals surface area contributed by atoms with Gasteiger partial charge in [0, 0.05) is 0 Å². The zero-order valence-electron chi connectivity index (χ0n) is 5.49. The molecule has 0 aromatic rings. The van der Waals surface area contributed by atoms with Gasteiger partial charge in [0.1, 0.15) is 0 Å². The van der Waals surface area contributed by atoms with Crippen molar-refractivity contribution < 1.29 is 5.11 Å². The molecule has 0 saturated carbocycles. The van der Waals surface area contributed by atoms with Crippen LogP contribution in [0.5, 0.6) is 0 Å². The Morgan fingerprint density at radius 2 is 1.70 bits per heavy atom. The normalized spacial score (nSPS) is 19.8. The standard InChI is InChI=1S/C8H9AsO/c10-8-6-4-2-1-3-5-7-9-8/h1-7,9-10H. The van der Waals surface area contributed by atoms with Gasteiger partial charge in [0.05, 0.1) is 0 Å². The van der Waals surface area contributed by atoms with Gasteiger partial charge >= 0.3 is 66.7 Å². The van der Waals surface area contributed by atoms with E-state index in [9.17, 15) is 0 Å². The maximum absolute atomic E-state index is 9.13. The van der Waals surface area contributed by atoms with Crippen LogP contribution in [-0.4, -0.2) is 20.9 Å². The van der Waals surface area contributed by atoms with E-state index in [0.717, 1.165) is 0 Å². The van der Waals surface area contributed by atoms with Crippen LogP contribution in [0.3, 0.4) is 0 Å². The van der Waals surface area contributed by atoms with Crippen LogP contribution < -0.4 is 0 Å². The molecule has 0 bridgehead atoms. The second-order valence-corrected chi connectivity index (χ2v) is 4.20. The Labute approximate surface area is 67.1 Å². The number of hydrogen-bond acceptors (Lipinski definition) is 1. The number of rotatable bonds is 0. The van der Waals surface area contributed by atoms with Gasteiger partial charge in [-0.3, -0.25) is 0 Å². The molecule has 0 aromatic carbocycles. The zero-order chi connectivity index (χ0) is 7.23. The molecule has 10 heavy (non-hydrogen) atoms. The Bertz CT molecular complexity index is 211. The Hall–Kier alpha value is -0.682. The molecule has 0 spiro atoms. The van der Waals surface area contributed by atoms with Gasteiger partial charge in [-0.25, -0.2) is 0 Å². The second-order valence-electron chi connectivity index (χ2n) is 1.83. The average molecular weight is 196 g/mol. The van der Waals surface area contributed by atoms with E-state index in [1.165, 1.54) is 0 Å². The van der Waals surface area contributed by atoms with Crippen molar-refractivity contribution in [3.8, 4) is 0 Å². The third-order valence-corrected chi connectivity index (χ3v) is 2.75. The quantitative estimate of drug-likeness (QED) is 0.581. The molecular weight excluding hydrogens is 187 g/mol. The molecule has 1 aliphatic rings. The van der Waals surface area contributed by atoms with E-state index in [2.05, 4.69) is 0 Å². The van der Waals surface area contributed by atoms with Crippen LogP contribution in [-0.2, 0) is 0 Å². The fourth-order valence-electron chi connectivity index (χ4n) is 0.576. The average Bonchev–Trinajstić information content (AvgIpc) is 2.02. The summed E-state index contributed by atoms with van der Waals surface area (Å²) in [4.78, 5) is 2.04. The second kappa shape index (κ2) is 4.18. The third-order valence-electron chi connectivity index (χ3n) is 1.03. The molecule has 1 nitrogen and oxygen atoms in total. The summed E-state index contributed by atoms with van der Waals surface area (Å²) >= 11 is -0.399. The topological polar surface area (TPSA) is 20.2 Å². The van der Waals surface area contributed by atoms with Gasteiger partial charge in [-0.1, -0.05) is 0 Å². The molecule has 1 heterocycles. The third kappa shape index (κ3) is 2.74. The van der Waals surface area contributed by atoms with E-state index in [1.807, 2.05) is 35.2 Å². The summed E-state index contributed by atoms with van der Waals surface area (Å²) < 4.78 is 0.524. The van der Waals surface area contributed by atoms with E-state index in [0.29, 0.717) is 4.55 Å². The van der Waals surface area contributed by atoms with E-state index in [-0.39, 0.29) is 0 Å². The minimum atomic E-state index is -0.399. The van der Waals surface area contributed by atoms with Crippen molar-refractivity contribution in [2.45, 2.75) is 0 Å². The van der Waals surface area contributed by atoms with Crippen molar-refractivity contribution in [3.05, 3.63) is 45.9 Å². The van der Waals surface area contributed by atoms with Crippen LogP contribution in [0.1, 0.15) is 0 Å². The first kappa shape index (κ1) is 7.43. The van der Waals surface area contributed by atoms with E-state index in [1.54, 1.807) is 6.08 Å². The van der Waals surface area contributed by atoms with Gasteiger partial charge < -0.3 is 0 Å². The van der Waals surface area contributed by atoms with Crippen LogP contribution in [0.25, 0.3) is 0 Å². The van der Waals surface area contributed by atoms with Crippen LogP contribution in [0, 0.1) is 0 Å². The van der Waals surface area contributed by atoms with Crippen LogP contribution in [0.2, 0.25) is 0 Å². The molecule has 1 N–H and O–H groups in total. The van der Waals surface area contributed by atoms with Crippen molar-refractivity contribution in [1.82, 2.24) is 0 Å². The monoisotopic (exact) mass is 196 g/mol. The molecule has 52 valence electrons. The predicted molar refractivity (Wildman–Crippen MR) is 45.3 cm³/mol. The first-order valence-electron chi connectivity index (χ1n) is 3.05. The van der Waals surface area contributed by atoms with Gasteiger partial charge in [-0.15, -0.1) is 0 Å². The van der Waals surface area contributed by atoms with Crippen LogP contribution in [0.15, 0.2) is 45.9 Å². The van der Waals surface area contributed by atoms with E-state index < -0.39 is 15.8 Å². The van der Waals surface area contributed by atoms with Crippen LogP contribution >= 0.6 is 0 Å². The molecule has 1 atom stereocenters. The Kier molecular flexibility index (Phi) is 3.11.